The summed E-state index contributed by atoms with van der Waals surface area (Å²) in [6.45, 7) is 8.24. The lowest BCUT2D eigenvalue weighted by atomic mass is 9.39. The van der Waals surface area contributed by atoms with Gasteiger partial charge in [-0.1, -0.05) is 37.3 Å². The van der Waals surface area contributed by atoms with Gasteiger partial charge in [-0.25, -0.2) is 19.2 Å². The van der Waals surface area contributed by atoms with Gasteiger partial charge in [0, 0.05) is 49.1 Å². The number of carbonyl (C=O) groups is 2. The Balaban J connectivity index is 0.987. The highest BCUT2D eigenvalue weighted by molar-refractivity contribution is 7.22. The number of anilines is 2. The molecule has 0 saturated heterocycles. The number of nitrogens with one attached hydrogen (secondary N) is 1. The van der Waals surface area contributed by atoms with E-state index in [1.807, 2.05) is 49.3 Å². The lowest BCUT2D eigenvalue weighted by molar-refractivity contribution is -0.239. The summed E-state index contributed by atoms with van der Waals surface area (Å²) in [7, 11) is 1.87. The number of para-hydroxylation sites is 1. The number of nitrogens with zero attached hydrogens (tertiary/aromatic N) is 5. The number of methoxy groups -OCH3 is 1. The predicted molar refractivity (Wildman–Crippen MR) is 202 cm³/mol. The van der Waals surface area contributed by atoms with Gasteiger partial charge in [-0.2, -0.15) is 5.10 Å². The summed E-state index contributed by atoms with van der Waals surface area (Å²) in [6.07, 6.45) is 8.84. The molecule has 12 heteroatoms. The number of carbonyl (C=O) groups excluding carboxylic acids is 1. The molecule has 2 atom stereocenters. The monoisotopic (exact) mass is 734 g/mol. The fourth-order valence-corrected chi connectivity index (χ4v) is 12.4. The molecule has 1 aliphatic heterocycles. The van der Waals surface area contributed by atoms with Crippen molar-refractivity contribution < 1.29 is 23.8 Å². The number of halogens is 1. The summed E-state index contributed by atoms with van der Waals surface area (Å²) in [6, 6.07) is 14.1. The number of ether oxygens (including phenoxy) is 1. The molecule has 0 radical (unpaired) electrons. The Bertz CT molecular complexity index is 2280. The van der Waals surface area contributed by atoms with E-state index in [2.05, 4.69) is 33.8 Å². The molecule has 3 aromatic heterocycles. The van der Waals surface area contributed by atoms with E-state index in [-0.39, 0.29) is 45.8 Å². The Morgan fingerprint density at radius 2 is 1.74 bits per heavy atom. The zero-order valence-electron chi connectivity index (χ0n) is 30.5. The van der Waals surface area contributed by atoms with Gasteiger partial charge in [-0.15, -0.1) is 0 Å². The molecule has 4 saturated carbocycles. The van der Waals surface area contributed by atoms with Gasteiger partial charge < -0.3 is 14.7 Å². The zero-order chi connectivity index (χ0) is 36.9. The molecule has 53 heavy (non-hydrogen) atoms. The van der Waals surface area contributed by atoms with Crippen LogP contribution in [0.15, 0.2) is 54.7 Å². The van der Waals surface area contributed by atoms with Gasteiger partial charge in [-0.05, 0) is 116 Å². The lowest BCUT2D eigenvalue weighted by Crippen LogP contribution is -2.64. The van der Waals surface area contributed by atoms with Crippen molar-refractivity contribution in [3.8, 4) is 11.1 Å². The number of aromatic carboxylic acids is 1. The second kappa shape index (κ2) is 11.9. The highest BCUT2D eigenvalue weighted by atomic mass is 32.1. The number of carboxylic acids is 1. The number of rotatable bonds is 8. The van der Waals surface area contributed by atoms with Crippen molar-refractivity contribution in [3.05, 3.63) is 88.6 Å². The minimum absolute atomic E-state index is 0.0637. The fourth-order valence-electron chi connectivity index (χ4n) is 11.5. The first-order chi connectivity index (χ1) is 25.3. The number of aromatic nitrogens is 4. The Kier molecular flexibility index (Phi) is 7.67. The van der Waals surface area contributed by atoms with Crippen molar-refractivity contribution >= 4 is 44.4 Å². The average Bonchev–Trinajstić information content (AvgIpc) is 3.68. The zero-order valence-corrected chi connectivity index (χ0v) is 31.3. The second-order valence-electron chi connectivity index (χ2n) is 16.9. The molecule has 2 aromatic carbocycles. The van der Waals surface area contributed by atoms with Crippen LogP contribution < -0.4 is 10.2 Å². The standard InChI is InChI=1S/C41H43FN6O4S/c1-24-28(15-43-48(24)23-40-18-38(2)17-39(3,19-40)21-41(20-38,22-40)52-4)26-10-12-33(45-34(26)36(50)51)47-14-13-25-29(16-47)27(9-11-30(25)42)35(49)46-37-44-31-7-5-6-8-32(31)53-37/h5-12,15H,13-14,16-23H2,1-4H3,(H,50,51)(H,44,46,49). The van der Waals surface area contributed by atoms with E-state index in [0.29, 0.717) is 46.2 Å². The van der Waals surface area contributed by atoms with Crippen molar-refractivity contribution in [2.24, 2.45) is 16.2 Å². The van der Waals surface area contributed by atoms with Gasteiger partial charge in [-0.3, -0.25) is 14.8 Å². The number of hydrogen-bond acceptors (Lipinski definition) is 8. The van der Waals surface area contributed by atoms with Crippen molar-refractivity contribution in [2.75, 3.05) is 23.9 Å². The van der Waals surface area contributed by atoms with Crippen LogP contribution in [-0.4, -0.2) is 56.0 Å². The normalized spacial score (nSPS) is 27.3. The lowest BCUT2D eigenvalue weighted by Gasteiger charge is -2.69. The molecule has 1 amide bonds. The van der Waals surface area contributed by atoms with Crippen molar-refractivity contribution in [3.63, 3.8) is 0 Å². The maximum atomic E-state index is 15.1. The van der Waals surface area contributed by atoms with Gasteiger partial charge in [0.05, 0.1) is 22.0 Å². The summed E-state index contributed by atoms with van der Waals surface area (Å²) in [5, 5.41) is 18.7. The van der Waals surface area contributed by atoms with Crippen LogP contribution in [-0.2, 0) is 24.2 Å². The van der Waals surface area contributed by atoms with Crippen molar-refractivity contribution in [1.29, 1.82) is 0 Å². The number of pyridine rings is 1. The van der Waals surface area contributed by atoms with Crippen LogP contribution in [0.5, 0.6) is 0 Å². The van der Waals surface area contributed by atoms with Crippen molar-refractivity contribution in [1.82, 2.24) is 19.7 Å². The van der Waals surface area contributed by atoms with Crippen LogP contribution in [0.1, 0.15) is 90.0 Å². The maximum absolute atomic E-state index is 15.1. The van der Waals surface area contributed by atoms with Gasteiger partial charge in [0.15, 0.2) is 10.8 Å². The Morgan fingerprint density at radius 1 is 0.962 bits per heavy atom. The number of thiazole rings is 1. The summed E-state index contributed by atoms with van der Waals surface area (Å²) in [5.41, 5.74) is 4.69. The predicted octanol–water partition coefficient (Wildman–Crippen LogP) is 8.28. The summed E-state index contributed by atoms with van der Waals surface area (Å²) in [5.74, 6) is -1.44. The van der Waals surface area contributed by atoms with Gasteiger partial charge in [0.1, 0.15) is 11.6 Å². The molecule has 0 spiro atoms. The number of benzene rings is 2. The summed E-state index contributed by atoms with van der Waals surface area (Å²) >= 11 is 1.37. The van der Waals surface area contributed by atoms with E-state index in [4.69, 9.17) is 9.84 Å². The van der Waals surface area contributed by atoms with E-state index in [9.17, 15) is 14.7 Å². The first-order valence-corrected chi connectivity index (χ1v) is 19.1. The van der Waals surface area contributed by atoms with Crippen LogP contribution >= 0.6 is 11.3 Å². The van der Waals surface area contributed by atoms with E-state index in [1.54, 1.807) is 12.3 Å². The van der Waals surface area contributed by atoms with Gasteiger partial charge >= 0.3 is 5.97 Å². The molecule has 2 unspecified atom stereocenters. The van der Waals surface area contributed by atoms with Crippen LogP contribution in [0, 0.1) is 29.0 Å². The third kappa shape index (κ3) is 5.72. The molecule has 5 aliphatic rings. The average molecular weight is 735 g/mol. The smallest absolute Gasteiger partial charge is 0.355 e. The molecule has 274 valence electrons. The molecule has 5 aromatic rings. The second-order valence-corrected chi connectivity index (χ2v) is 17.9. The molecule has 4 bridgehead atoms. The SMILES string of the molecule is COC12CC3(C)CC(C)(CC(Cn4ncc(-c5ccc(N6CCc7c(F)ccc(C(=O)Nc8nc9ccccc9s8)c7C6)nc5C(=O)O)c4C)(C3)C1)C2. The molecule has 10 rings (SSSR count). The van der Waals surface area contributed by atoms with Crippen molar-refractivity contribution in [2.45, 2.75) is 84.4 Å². The Hall–Kier alpha value is -4.68. The molecule has 10 nitrogen and oxygen atoms in total. The molecule has 4 aliphatic carbocycles. The highest BCUT2D eigenvalue weighted by Gasteiger charge is 2.66. The van der Waals surface area contributed by atoms with Crippen LogP contribution in [0.4, 0.5) is 15.3 Å². The third-order valence-corrected chi connectivity index (χ3v) is 13.4. The van der Waals surface area contributed by atoms with E-state index < -0.39 is 5.97 Å². The van der Waals surface area contributed by atoms with Gasteiger partial charge in [0.25, 0.3) is 5.91 Å². The number of carboxylic acid groups (broad SMARTS) is 1. The van der Waals surface area contributed by atoms with Crippen LogP contribution in [0.25, 0.3) is 21.3 Å². The molecule has 4 heterocycles. The van der Waals surface area contributed by atoms with Gasteiger partial charge in [0.2, 0.25) is 0 Å². The minimum atomic E-state index is -1.14. The molecule has 4 fully saturated rings. The first-order valence-electron chi connectivity index (χ1n) is 18.3. The number of hydrogen-bond donors (Lipinski definition) is 2. The van der Waals surface area contributed by atoms with E-state index in [1.165, 1.54) is 29.9 Å². The largest absolute Gasteiger partial charge is 0.476 e. The Morgan fingerprint density at radius 3 is 2.47 bits per heavy atom. The van der Waals surface area contributed by atoms with Crippen LogP contribution in [0.3, 0.4) is 0 Å². The minimum Gasteiger partial charge on any atom is -0.476 e. The topological polar surface area (TPSA) is 122 Å². The van der Waals surface area contributed by atoms with E-state index >= 15 is 4.39 Å². The third-order valence-electron chi connectivity index (χ3n) is 12.5. The van der Waals surface area contributed by atoms with E-state index in [0.717, 1.165) is 60.1 Å². The number of fused-ring (bicyclic) bond motifs is 2. The molecular formula is C41H43FN6O4S. The quantitative estimate of drug-likeness (QED) is 0.163. The fraction of sp³-hybridized carbons (Fsp3) is 0.439. The maximum Gasteiger partial charge on any atom is 0.355 e. The Labute approximate surface area is 311 Å². The summed E-state index contributed by atoms with van der Waals surface area (Å²) in [4.78, 5) is 37.5. The van der Waals surface area contributed by atoms with Crippen LogP contribution in [0.2, 0.25) is 0 Å². The number of amides is 1. The molecular weight excluding hydrogens is 692 g/mol. The first kappa shape index (κ1) is 34.1. The highest BCUT2D eigenvalue weighted by Crippen LogP contribution is 2.72. The molecule has 2 N–H and O–H groups in total. The summed E-state index contributed by atoms with van der Waals surface area (Å²) < 4.78 is 24.4.